The molecule has 0 amide bonds. The van der Waals surface area contributed by atoms with Gasteiger partial charge in [-0.05, 0) is 55.7 Å². The molecule has 164 valence electrons. The van der Waals surface area contributed by atoms with Gasteiger partial charge in [0.1, 0.15) is 0 Å². The maximum Gasteiger partial charge on any atom is 0.191 e. The average Bonchev–Trinajstić information content (AvgIpc) is 2.77. The number of aliphatic imine (C=N–C) groups is 1. The molecule has 0 fully saturated rings. The van der Waals surface area contributed by atoms with Gasteiger partial charge in [-0.3, -0.25) is 4.99 Å². The van der Waals surface area contributed by atoms with Gasteiger partial charge in [0, 0.05) is 20.1 Å². The molecule has 0 aromatic heterocycles. The Balaban J connectivity index is 1.88. The zero-order valence-corrected chi connectivity index (χ0v) is 18.6. The largest absolute Gasteiger partial charge is 0.493 e. The van der Waals surface area contributed by atoms with Crippen LogP contribution in [0.5, 0.6) is 23.0 Å². The van der Waals surface area contributed by atoms with Crippen LogP contribution in [-0.2, 0) is 13.0 Å². The van der Waals surface area contributed by atoms with Crippen LogP contribution in [0.25, 0.3) is 0 Å². The number of benzene rings is 2. The Morgan fingerprint density at radius 1 is 0.800 bits per heavy atom. The van der Waals surface area contributed by atoms with Crippen molar-refractivity contribution in [2.45, 2.75) is 26.8 Å². The van der Waals surface area contributed by atoms with Crippen molar-refractivity contribution in [1.29, 1.82) is 0 Å². The number of guanidine groups is 1. The van der Waals surface area contributed by atoms with E-state index >= 15 is 0 Å². The Hall–Kier alpha value is -3.09. The zero-order chi connectivity index (χ0) is 21.8. The number of hydrogen-bond donors (Lipinski definition) is 2. The second-order valence-corrected chi connectivity index (χ2v) is 6.44. The lowest BCUT2D eigenvalue weighted by Crippen LogP contribution is -2.37. The van der Waals surface area contributed by atoms with Crippen molar-refractivity contribution in [2.75, 3.05) is 41.0 Å². The summed E-state index contributed by atoms with van der Waals surface area (Å²) in [6.45, 7) is 6.52. The summed E-state index contributed by atoms with van der Waals surface area (Å²) in [5.41, 5.74) is 2.24. The molecule has 2 aromatic rings. The van der Waals surface area contributed by atoms with Crippen LogP contribution >= 0.6 is 0 Å². The monoisotopic (exact) mass is 415 g/mol. The summed E-state index contributed by atoms with van der Waals surface area (Å²) >= 11 is 0. The summed E-state index contributed by atoms with van der Waals surface area (Å²) in [4.78, 5) is 4.29. The molecular weight excluding hydrogens is 382 g/mol. The number of rotatable bonds is 11. The molecule has 0 atom stereocenters. The number of nitrogens with one attached hydrogen (secondary N) is 2. The topological polar surface area (TPSA) is 73.3 Å². The van der Waals surface area contributed by atoms with Crippen LogP contribution in [0.15, 0.2) is 41.4 Å². The van der Waals surface area contributed by atoms with Crippen LogP contribution in [-0.4, -0.2) is 47.0 Å². The van der Waals surface area contributed by atoms with Crippen LogP contribution < -0.4 is 29.6 Å². The number of hydrogen-bond acceptors (Lipinski definition) is 5. The Labute approximate surface area is 179 Å². The van der Waals surface area contributed by atoms with Gasteiger partial charge in [-0.25, -0.2) is 0 Å². The van der Waals surface area contributed by atoms with E-state index in [4.69, 9.17) is 18.9 Å². The van der Waals surface area contributed by atoms with Crippen molar-refractivity contribution in [1.82, 2.24) is 10.6 Å². The summed E-state index contributed by atoms with van der Waals surface area (Å²) in [7, 11) is 5.02. The molecule has 0 spiro atoms. The summed E-state index contributed by atoms with van der Waals surface area (Å²) in [6.07, 6.45) is 0.837. The molecule has 0 saturated carbocycles. The summed E-state index contributed by atoms with van der Waals surface area (Å²) in [5, 5.41) is 6.66. The molecule has 2 rings (SSSR count). The summed E-state index contributed by atoms with van der Waals surface area (Å²) in [6, 6.07) is 11.9. The van der Waals surface area contributed by atoms with Gasteiger partial charge >= 0.3 is 0 Å². The minimum atomic E-state index is 0.606. The van der Waals surface area contributed by atoms with Gasteiger partial charge in [0.25, 0.3) is 0 Å². The summed E-state index contributed by atoms with van der Waals surface area (Å²) < 4.78 is 22.0. The second kappa shape index (κ2) is 12.5. The summed E-state index contributed by atoms with van der Waals surface area (Å²) in [5.74, 6) is 3.72. The molecule has 7 heteroatoms. The lowest BCUT2D eigenvalue weighted by atomic mass is 10.1. The molecule has 0 heterocycles. The highest BCUT2D eigenvalue weighted by Gasteiger charge is 2.07. The van der Waals surface area contributed by atoms with Gasteiger partial charge in [0.2, 0.25) is 0 Å². The fourth-order valence-corrected chi connectivity index (χ4v) is 2.97. The molecule has 0 aliphatic heterocycles. The lowest BCUT2D eigenvalue weighted by molar-refractivity contribution is 0.287. The third-order valence-electron chi connectivity index (χ3n) is 4.45. The minimum absolute atomic E-state index is 0.606. The molecule has 0 radical (unpaired) electrons. The Bertz CT molecular complexity index is 824. The van der Waals surface area contributed by atoms with Gasteiger partial charge in [0.15, 0.2) is 29.0 Å². The molecule has 0 unspecified atom stereocenters. The minimum Gasteiger partial charge on any atom is -0.493 e. The molecule has 2 N–H and O–H groups in total. The quantitative estimate of drug-likeness (QED) is 0.433. The van der Waals surface area contributed by atoms with Crippen molar-refractivity contribution < 1.29 is 18.9 Å². The first-order valence-corrected chi connectivity index (χ1v) is 10.2. The van der Waals surface area contributed by atoms with E-state index in [0.29, 0.717) is 31.3 Å². The Kier molecular flexibility index (Phi) is 9.64. The van der Waals surface area contributed by atoms with Crippen LogP contribution in [0, 0.1) is 0 Å². The number of methoxy groups -OCH3 is 2. The predicted molar refractivity (Wildman–Crippen MR) is 120 cm³/mol. The van der Waals surface area contributed by atoms with Crippen molar-refractivity contribution in [3.63, 3.8) is 0 Å². The zero-order valence-electron chi connectivity index (χ0n) is 18.6. The average molecular weight is 416 g/mol. The van der Waals surface area contributed by atoms with Crippen LogP contribution in [0.2, 0.25) is 0 Å². The number of ether oxygens (including phenoxy) is 4. The van der Waals surface area contributed by atoms with Crippen molar-refractivity contribution in [3.05, 3.63) is 47.5 Å². The first kappa shape index (κ1) is 23.2. The standard InChI is InChI=1S/C23H33N3O4/c1-6-29-20-11-8-17(14-22(20)30-7-2)12-13-25-23(24-3)26-16-18-9-10-19(27-4)21(15-18)28-5/h8-11,14-15H,6-7,12-13,16H2,1-5H3,(H2,24,25,26). The maximum atomic E-state index is 5.70. The Morgan fingerprint density at radius 3 is 2.10 bits per heavy atom. The fraction of sp³-hybridized carbons (Fsp3) is 0.435. The predicted octanol–water partition coefficient (Wildman–Crippen LogP) is 3.41. The van der Waals surface area contributed by atoms with E-state index in [2.05, 4.69) is 21.7 Å². The van der Waals surface area contributed by atoms with Crippen molar-refractivity contribution >= 4 is 5.96 Å². The molecule has 0 bridgehead atoms. The van der Waals surface area contributed by atoms with Crippen LogP contribution in [0.1, 0.15) is 25.0 Å². The molecule has 0 aliphatic carbocycles. The van der Waals surface area contributed by atoms with E-state index in [1.54, 1.807) is 21.3 Å². The first-order valence-electron chi connectivity index (χ1n) is 10.2. The van der Waals surface area contributed by atoms with E-state index < -0.39 is 0 Å². The fourth-order valence-electron chi connectivity index (χ4n) is 2.97. The highest BCUT2D eigenvalue weighted by molar-refractivity contribution is 5.79. The van der Waals surface area contributed by atoms with E-state index in [-0.39, 0.29) is 0 Å². The highest BCUT2D eigenvalue weighted by atomic mass is 16.5. The van der Waals surface area contributed by atoms with Gasteiger partial charge in [-0.15, -0.1) is 0 Å². The van der Waals surface area contributed by atoms with Gasteiger partial charge < -0.3 is 29.6 Å². The maximum absolute atomic E-state index is 5.70. The van der Waals surface area contributed by atoms with Crippen LogP contribution in [0.3, 0.4) is 0 Å². The van der Waals surface area contributed by atoms with Gasteiger partial charge in [0.05, 0.1) is 27.4 Å². The SMILES string of the molecule is CCOc1ccc(CCNC(=NC)NCc2ccc(OC)c(OC)c2)cc1OCC. The van der Waals surface area contributed by atoms with E-state index in [1.807, 2.05) is 44.2 Å². The molecule has 0 aliphatic rings. The van der Waals surface area contributed by atoms with E-state index in [1.165, 1.54) is 5.56 Å². The van der Waals surface area contributed by atoms with Gasteiger partial charge in [-0.2, -0.15) is 0 Å². The molecule has 2 aromatic carbocycles. The lowest BCUT2D eigenvalue weighted by Gasteiger charge is -2.15. The molecular formula is C23H33N3O4. The normalized spacial score (nSPS) is 11.0. The smallest absolute Gasteiger partial charge is 0.191 e. The number of nitrogens with zero attached hydrogens (tertiary/aromatic N) is 1. The third kappa shape index (κ3) is 6.76. The molecule has 0 saturated heterocycles. The van der Waals surface area contributed by atoms with E-state index in [0.717, 1.165) is 36.0 Å². The van der Waals surface area contributed by atoms with E-state index in [9.17, 15) is 0 Å². The molecule has 7 nitrogen and oxygen atoms in total. The van der Waals surface area contributed by atoms with Crippen LogP contribution in [0.4, 0.5) is 0 Å². The van der Waals surface area contributed by atoms with Crippen molar-refractivity contribution in [3.8, 4) is 23.0 Å². The highest BCUT2D eigenvalue weighted by Crippen LogP contribution is 2.29. The third-order valence-corrected chi connectivity index (χ3v) is 4.45. The van der Waals surface area contributed by atoms with Crippen molar-refractivity contribution in [2.24, 2.45) is 4.99 Å². The Morgan fingerprint density at radius 2 is 1.43 bits per heavy atom. The second-order valence-electron chi connectivity index (χ2n) is 6.44. The first-order chi connectivity index (χ1) is 14.6. The van der Waals surface area contributed by atoms with Gasteiger partial charge in [-0.1, -0.05) is 12.1 Å². The molecule has 30 heavy (non-hydrogen) atoms.